The molecule has 8 heteroatoms. The van der Waals surface area contributed by atoms with Gasteiger partial charge in [-0.1, -0.05) is 11.8 Å². The lowest BCUT2D eigenvalue weighted by Crippen LogP contribution is -2.11. The largest absolute Gasteiger partial charge is 0.464 e. The van der Waals surface area contributed by atoms with Gasteiger partial charge in [0.2, 0.25) is 0 Å². The Morgan fingerprint density at radius 3 is 2.64 bits per heavy atom. The molecule has 126 valence electrons. The van der Waals surface area contributed by atoms with Crippen molar-refractivity contribution >= 4 is 23.4 Å². The molecule has 0 unspecified atom stereocenters. The second kappa shape index (κ2) is 6.75. The minimum absolute atomic E-state index is 0.112. The third-order valence-electron chi connectivity index (χ3n) is 3.64. The Bertz CT molecular complexity index is 966. The highest BCUT2D eigenvalue weighted by Gasteiger charge is 2.21. The highest BCUT2D eigenvalue weighted by molar-refractivity contribution is 7.99. The molecule has 2 N–H and O–H groups in total. The fourth-order valence-corrected chi connectivity index (χ4v) is 3.15. The van der Waals surface area contributed by atoms with Gasteiger partial charge in [-0.3, -0.25) is 0 Å². The molecule has 7 nitrogen and oxygen atoms in total. The van der Waals surface area contributed by atoms with E-state index in [4.69, 9.17) is 15.7 Å². The number of benzene rings is 1. The summed E-state index contributed by atoms with van der Waals surface area (Å²) in [5.74, 6) is -0.592. The van der Waals surface area contributed by atoms with Crippen molar-refractivity contribution < 1.29 is 9.53 Å². The molecule has 0 saturated heterocycles. The number of imidazole rings is 1. The standard InChI is InChI=1S/C17H15N5O2S/c1-21-8-7-20-17(21)25-13-5-3-12(4-6-13)22-10-11(9-18)14(19)15(22)16(23)24-2/h3-8,10H,19H2,1-2H3. The van der Waals surface area contributed by atoms with E-state index in [1.165, 1.54) is 25.1 Å². The molecule has 0 amide bonds. The van der Waals surface area contributed by atoms with Gasteiger partial charge in [-0.25, -0.2) is 9.78 Å². The zero-order valence-electron chi connectivity index (χ0n) is 13.6. The molecule has 0 aliphatic rings. The van der Waals surface area contributed by atoms with Crippen molar-refractivity contribution in [3.8, 4) is 11.8 Å². The first kappa shape index (κ1) is 16.7. The monoisotopic (exact) mass is 353 g/mol. The first-order valence-electron chi connectivity index (χ1n) is 7.30. The van der Waals surface area contributed by atoms with E-state index < -0.39 is 5.97 Å². The number of hydrogen-bond acceptors (Lipinski definition) is 6. The van der Waals surface area contributed by atoms with Crippen LogP contribution >= 0.6 is 11.8 Å². The second-order valence-corrected chi connectivity index (χ2v) is 6.24. The van der Waals surface area contributed by atoms with Crippen LogP contribution in [0.1, 0.15) is 16.1 Å². The summed E-state index contributed by atoms with van der Waals surface area (Å²) in [6, 6.07) is 9.50. The first-order chi connectivity index (χ1) is 12.0. The quantitative estimate of drug-likeness (QED) is 0.724. The fourth-order valence-electron chi connectivity index (χ4n) is 2.35. The predicted molar refractivity (Wildman–Crippen MR) is 93.6 cm³/mol. The molecule has 3 rings (SSSR count). The molecule has 3 aromatic rings. The minimum atomic E-state index is -0.592. The van der Waals surface area contributed by atoms with Crippen LogP contribution in [0.5, 0.6) is 0 Å². The van der Waals surface area contributed by atoms with Gasteiger partial charge in [0.15, 0.2) is 10.9 Å². The summed E-state index contributed by atoms with van der Waals surface area (Å²) in [7, 11) is 3.20. The number of nitrogen functional groups attached to an aromatic ring is 1. The van der Waals surface area contributed by atoms with Crippen LogP contribution in [0.3, 0.4) is 0 Å². The van der Waals surface area contributed by atoms with Crippen LogP contribution in [-0.4, -0.2) is 27.2 Å². The van der Waals surface area contributed by atoms with Crippen LogP contribution < -0.4 is 5.73 Å². The van der Waals surface area contributed by atoms with Crippen molar-refractivity contribution in [1.82, 2.24) is 14.1 Å². The van der Waals surface area contributed by atoms with Crippen LogP contribution in [0.25, 0.3) is 5.69 Å². The molecule has 2 heterocycles. The van der Waals surface area contributed by atoms with E-state index in [-0.39, 0.29) is 16.9 Å². The number of carbonyl (C=O) groups is 1. The molecule has 0 aliphatic carbocycles. The summed E-state index contributed by atoms with van der Waals surface area (Å²) < 4.78 is 8.27. The van der Waals surface area contributed by atoms with Crippen LogP contribution in [0.2, 0.25) is 0 Å². The van der Waals surface area contributed by atoms with Gasteiger partial charge in [-0.05, 0) is 24.3 Å². The van der Waals surface area contributed by atoms with E-state index in [9.17, 15) is 4.79 Å². The van der Waals surface area contributed by atoms with Crippen LogP contribution in [0, 0.1) is 11.3 Å². The number of esters is 1. The number of ether oxygens (including phenoxy) is 1. The van der Waals surface area contributed by atoms with E-state index in [2.05, 4.69) is 4.98 Å². The Balaban J connectivity index is 1.96. The van der Waals surface area contributed by atoms with Crippen LogP contribution in [-0.2, 0) is 11.8 Å². The summed E-state index contributed by atoms with van der Waals surface area (Å²) in [4.78, 5) is 17.3. The smallest absolute Gasteiger partial charge is 0.357 e. The van der Waals surface area contributed by atoms with Gasteiger partial charge in [0.05, 0.1) is 18.4 Å². The fraction of sp³-hybridized carbons (Fsp3) is 0.118. The Kier molecular flexibility index (Phi) is 4.50. The molecule has 1 aromatic carbocycles. The molecule has 0 spiro atoms. The lowest BCUT2D eigenvalue weighted by atomic mass is 10.2. The number of nitriles is 1. The topological polar surface area (TPSA) is 98.9 Å². The van der Waals surface area contributed by atoms with E-state index in [0.29, 0.717) is 5.69 Å². The van der Waals surface area contributed by atoms with Crippen molar-refractivity contribution in [3.63, 3.8) is 0 Å². The average Bonchev–Trinajstić information content (AvgIpc) is 3.18. The number of carbonyl (C=O) groups excluding carboxylic acids is 1. The lowest BCUT2D eigenvalue weighted by molar-refractivity contribution is 0.0593. The summed E-state index contributed by atoms with van der Waals surface area (Å²) in [6.07, 6.45) is 5.15. The summed E-state index contributed by atoms with van der Waals surface area (Å²) in [6.45, 7) is 0. The van der Waals surface area contributed by atoms with Gasteiger partial charge >= 0.3 is 5.97 Å². The third kappa shape index (κ3) is 3.09. The van der Waals surface area contributed by atoms with Gasteiger partial charge in [-0.2, -0.15) is 5.26 Å². The summed E-state index contributed by atoms with van der Waals surface area (Å²) in [5.41, 5.74) is 7.09. The first-order valence-corrected chi connectivity index (χ1v) is 8.11. The van der Waals surface area contributed by atoms with E-state index in [1.807, 2.05) is 48.1 Å². The zero-order valence-corrected chi connectivity index (χ0v) is 14.4. The zero-order chi connectivity index (χ0) is 18.0. The maximum Gasteiger partial charge on any atom is 0.357 e. The second-order valence-electron chi connectivity index (χ2n) is 5.20. The molecule has 0 atom stereocenters. The van der Waals surface area contributed by atoms with Crippen molar-refractivity contribution in [2.45, 2.75) is 10.1 Å². The number of aromatic nitrogens is 3. The van der Waals surface area contributed by atoms with E-state index in [0.717, 1.165) is 10.1 Å². The third-order valence-corrected chi connectivity index (χ3v) is 4.73. The molecule has 0 fully saturated rings. The number of nitrogens with zero attached hydrogens (tertiary/aromatic N) is 4. The molecular formula is C17H15N5O2S. The Labute approximate surface area is 148 Å². The number of aryl methyl sites for hydroxylation is 1. The van der Waals surface area contributed by atoms with E-state index >= 15 is 0 Å². The molecule has 25 heavy (non-hydrogen) atoms. The van der Waals surface area contributed by atoms with Crippen molar-refractivity contribution in [3.05, 3.63) is 54.1 Å². The van der Waals surface area contributed by atoms with Crippen molar-refractivity contribution in [2.24, 2.45) is 7.05 Å². The SMILES string of the molecule is COC(=O)c1c(N)c(C#N)cn1-c1ccc(Sc2nccn2C)cc1. The Morgan fingerprint density at radius 2 is 2.08 bits per heavy atom. The number of rotatable bonds is 4. The lowest BCUT2D eigenvalue weighted by Gasteiger charge is -2.09. The maximum atomic E-state index is 12.0. The van der Waals surface area contributed by atoms with Gasteiger partial charge in [0.25, 0.3) is 0 Å². The normalized spacial score (nSPS) is 10.4. The molecule has 0 bridgehead atoms. The number of anilines is 1. The number of methoxy groups -OCH3 is 1. The van der Waals surface area contributed by atoms with E-state index in [1.54, 1.807) is 10.8 Å². The summed E-state index contributed by atoms with van der Waals surface area (Å²) in [5, 5.41) is 10.0. The van der Waals surface area contributed by atoms with Gasteiger partial charge in [0, 0.05) is 36.2 Å². The highest BCUT2D eigenvalue weighted by Crippen LogP contribution is 2.29. The molecule has 0 aliphatic heterocycles. The molecule has 0 radical (unpaired) electrons. The van der Waals surface area contributed by atoms with Crippen LogP contribution in [0.4, 0.5) is 5.69 Å². The van der Waals surface area contributed by atoms with Crippen molar-refractivity contribution in [2.75, 3.05) is 12.8 Å². The highest BCUT2D eigenvalue weighted by atomic mass is 32.2. The van der Waals surface area contributed by atoms with Gasteiger partial charge in [0.1, 0.15) is 6.07 Å². The molecule has 0 saturated carbocycles. The Morgan fingerprint density at radius 1 is 1.36 bits per heavy atom. The summed E-state index contributed by atoms with van der Waals surface area (Å²) >= 11 is 1.53. The molecular weight excluding hydrogens is 338 g/mol. The van der Waals surface area contributed by atoms with Crippen molar-refractivity contribution in [1.29, 1.82) is 5.26 Å². The van der Waals surface area contributed by atoms with Gasteiger partial charge < -0.3 is 19.6 Å². The van der Waals surface area contributed by atoms with Gasteiger partial charge in [-0.15, -0.1) is 0 Å². The maximum absolute atomic E-state index is 12.0. The number of nitrogens with two attached hydrogens (primary N) is 1. The van der Waals surface area contributed by atoms with Crippen LogP contribution in [0.15, 0.2) is 52.9 Å². The average molecular weight is 353 g/mol. The molecule has 2 aromatic heterocycles. The minimum Gasteiger partial charge on any atom is -0.464 e. The number of hydrogen-bond donors (Lipinski definition) is 1. The Hall–Kier alpha value is -3.18. The predicted octanol–water partition coefficient (Wildman–Crippen LogP) is 2.60.